The van der Waals surface area contributed by atoms with Gasteiger partial charge in [0.05, 0.1) is 0 Å². The lowest BCUT2D eigenvalue weighted by Gasteiger charge is -2.34. The topological polar surface area (TPSA) is 52.7 Å². The first kappa shape index (κ1) is 15.8. The van der Waals surface area contributed by atoms with Gasteiger partial charge >= 0.3 is 6.03 Å². The molecular formula is C14H27N3O2. The molecule has 0 aliphatic carbocycles. The van der Waals surface area contributed by atoms with Gasteiger partial charge in [-0.05, 0) is 40.5 Å². The van der Waals surface area contributed by atoms with Crippen molar-refractivity contribution >= 4 is 11.9 Å². The molecule has 110 valence electrons. The fourth-order valence-electron chi connectivity index (χ4n) is 2.46. The molecule has 0 bridgehead atoms. The lowest BCUT2D eigenvalue weighted by molar-refractivity contribution is -0.136. The molecule has 1 fully saturated rings. The van der Waals surface area contributed by atoms with Gasteiger partial charge in [0, 0.05) is 38.1 Å². The maximum atomic E-state index is 12.2. The highest BCUT2D eigenvalue weighted by Crippen LogP contribution is 2.19. The first-order valence-electron chi connectivity index (χ1n) is 7.33. The predicted molar refractivity (Wildman–Crippen MR) is 75.9 cm³/mol. The molecule has 1 aliphatic rings. The first-order chi connectivity index (χ1) is 8.99. The fraction of sp³-hybridized carbons (Fsp3) is 0.857. The Hall–Kier alpha value is -1.26. The minimum atomic E-state index is -0.0104. The second-order valence-electron chi connectivity index (χ2n) is 5.38. The van der Waals surface area contributed by atoms with Gasteiger partial charge in [0.25, 0.3) is 0 Å². The zero-order valence-corrected chi connectivity index (χ0v) is 12.6. The molecule has 1 saturated heterocycles. The predicted octanol–water partition coefficient (Wildman–Crippen LogP) is 1.68. The number of likely N-dealkylation sites (tertiary alicyclic amines) is 1. The molecule has 0 aromatic rings. The summed E-state index contributed by atoms with van der Waals surface area (Å²) in [5.74, 6) is 0.330. The number of carbonyl (C=O) groups is 2. The monoisotopic (exact) mass is 269 g/mol. The zero-order valence-electron chi connectivity index (χ0n) is 12.6. The largest absolute Gasteiger partial charge is 0.343 e. The third kappa shape index (κ3) is 4.40. The molecule has 0 saturated carbocycles. The number of hydrogen-bond donors (Lipinski definition) is 1. The van der Waals surface area contributed by atoms with Gasteiger partial charge in [0.2, 0.25) is 5.91 Å². The van der Waals surface area contributed by atoms with Crippen molar-refractivity contribution in [3.8, 4) is 0 Å². The van der Waals surface area contributed by atoms with Crippen molar-refractivity contribution in [2.45, 2.75) is 46.6 Å². The third-order valence-electron chi connectivity index (χ3n) is 3.62. The van der Waals surface area contributed by atoms with Gasteiger partial charge in [-0.15, -0.1) is 0 Å². The van der Waals surface area contributed by atoms with Gasteiger partial charge < -0.3 is 15.1 Å². The molecule has 1 N–H and O–H groups in total. The van der Waals surface area contributed by atoms with Gasteiger partial charge in [-0.1, -0.05) is 0 Å². The Balaban J connectivity index is 2.44. The Bertz CT molecular complexity index is 306. The molecule has 0 unspecified atom stereocenters. The van der Waals surface area contributed by atoms with Crippen LogP contribution in [0.1, 0.15) is 40.5 Å². The number of carbonyl (C=O) groups excluding carboxylic acids is 2. The van der Waals surface area contributed by atoms with Crippen molar-refractivity contribution in [3.05, 3.63) is 0 Å². The molecule has 1 rings (SSSR count). The van der Waals surface area contributed by atoms with E-state index in [2.05, 4.69) is 5.32 Å². The Morgan fingerprint density at radius 2 is 1.74 bits per heavy atom. The van der Waals surface area contributed by atoms with Gasteiger partial charge in [-0.3, -0.25) is 4.79 Å². The molecule has 19 heavy (non-hydrogen) atoms. The standard InChI is InChI=1S/C14H27N3O2/c1-5-16(6-2)13(18)12-7-9-17(10-8-12)14(19)15-11(3)4/h11-12H,5-10H2,1-4H3,(H,15,19). The van der Waals surface area contributed by atoms with Crippen LogP contribution < -0.4 is 5.32 Å². The second kappa shape index (κ2) is 7.36. The smallest absolute Gasteiger partial charge is 0.317 e. The first-order valence-corrected chi connectivity index (χ1v) is 7.33. The number of rotatable bonds is 4. The highest BCUT2D eigenvalue weighted by molar-refractivity contribution is 5.79. The molecule has 1 heterocycles. The zero-order chi connectivity index (χ0) is 14.4. The molecule has 0 aromatic heterocycles. The summed E-state index contributed by atoms with van der Waals surface area (Å²) in [5, 5.41) is 2.89. The fourth-order valence-corrected chi connectivity index (χ4v) is 2.46. The van der Waals surface area contributed by atoms with Crippen LogP contribution in [0.2, 0.25) is 0 Å². The third-order valence-corrected chi connectivity index (χ3v) is 3.62. The number of nitrogens with one attached hydrogen (secondary N) is 1. The molecule has 3 amide bonds. The summed E-state index contributed by atoms with van der Waals surface area (Å²) in [7, 11) is 0. The number of amides is 3. The SMILES string of the molecule is CCN(CC)C(=O)C1CCN(C(=O)NC(C)C)CC1. The van der Waals surface area contributed by atoms with Crippen molar-refractivity contribution in [3.63, 3.8) is 0 Å². The van der Waals surface area contributed by atoms with E-state index in [1.165, 1.54) is 0 Å². The lowest BCUT2D eigenvalue weighted by Crippen LogP contribution is -2.48. The van der Waals surface area contributed by atoms with Crippen molar-refractivity contribution in [2.75, 3.05) is 26.2 Å². The Kier molecular flexibility index (Phi) is 6.12. The van der Waals surface area contributed by atoms with E-state index in [0.29, 0.717) is 13.1 Å². The summed E-state index contributed by atoms with van der Waals surface area (Å²) < 4.78 is 0. The summed E-state index contributed by atoms with van der Waals surface area (Å²) in [6.07, 6.45) is 1.56. The molecule has 0 atom stereocenters. The highest BCUT2D eigenvalue weighted by atomic mass is 16.2. The average Bonchev–Trinajstić information content (AvgIpc) is 2.39. The summed E-state index contributed by atoms with van der Waals surface area (Å²) in [4.78, 5) is 27.8. The minimum Gasteiger partial charge on any atom is -0.343 e. The van der Waals surface area contributed by atoms with E-state index < -0.39 is 0 Å². The molecule has 0 aromatic carbocycles. The van der Waals surface area contributed by atoms with Crippen LogP contribution in [-0.2, 0) is 4.79 Å². The lowest BCUT2D eigenvalue weighted by atomic mass is 9.95. The van der Waals surface area contributed by atoms with Crippen molar-refractivity contribution < 1.29 is 9.59 Å². The summed E-state index contributed by atoms with van der Waals surface area (Å²) in [6, 6.07) is 0.145. The van der Waals surface area contributed by atoms with E-state index in [4.69, 9.17) is 0 Å². The molecule has 1 aliphatic heterocycles. The molecule has 5 heteroatoms. The quantitative estimate of drug-likeness (QED) is 0.844. The van der Waals surface area contributed by atoms with Crippen LogP contribution in [0, 0.1) is 5.92 Å². The Labute approximate surface area is 116 Å². The van der Waals surface area contributed by atoms with E-state index >= 15 is 0 Å². The second-order valence-corrected chi connectivity index (χ2v) is 5.38. The van der Waals surface area contributed by atoms with Crippen LogP contribution in [0.25, 0.3) is 0 Å². The van der Waals surface area contributed by atoms with E-state index in [1.54, 1.807) is 0 Å². The van der Waals surface area contributed by atoms with Crippen molar-refractivity contribution in [1.82, 2.24) is 15.1 Å². The van der Waals surface area contributed by atoms with Crippen molar-refractivity contribution in [1.29, 1.82) is 0 Å². The van der Waals surface area contributed by atoms with Crippen LogP contribution in [0.15, 0.2) is 0 Å². The van der Waals surface area contributed by atoms with Gasteiger partial charge in [-0.25, -0.2) is 4.79 Å². The summed E-state index contributed by atoms with van der Waals surface area (Å²) in [6.45, 7) is 10.8. The molecule has 5 nitrogen and oxygen atoms in total. The van der Waals surface area contributed by atoms with Crippen molar-refractivity contribution in [2.24, 2.45) is 5.92 Å². The summed E-state index contributed by atoms with van der Waals surface area (Å²) >= 11 is 0. The van der Waals surface area contributed by atoms with Crippen LogP contribution in [0.3, 0.4) is 0 Å². The number of nitrogens with zero attached hydrogens (tertiary/aromatic N) is 2. The van der Waals surface area contributed by atoms with E-state index in [0.717, 1.165) is 25.9 Å². The number of urea groups is 1. The van der Waals surface area contributed by atoms with Gasteiger partial charge in [0.15, 0.2) is 0 Å². The highest BCUT2D eigenvalue weighted by Gasteiger charge is 2.29. The summed E-state index contributed by atoms with van der Waals surface area (Å²) in [5.41, 5.74) is 0. The number of hydrogen-bond acceptors (Lipinski definition) is 2. The van der Waals surface area contributed by atoms with Crippen LogP contribution in [0.5, 0.6) is 0 Å². The van der Waals surface area contributed by atoms with Crippen LogP contribution >= 0.6 is 0 Å². The number of piperidine rings is 1. The molecular weight excluding hydrogens is 242 g/mol. The van der Waals surface area contributed by atoms with Gasteiger partial charge in [-0.2, -0.15) is 0 Å². The van der Waals surface area contributed by atoms with E-state index in [-0.39, 0.29) is 23.9 Å². The van der Waals surface area contributed by atoms with Gasteiger partial charge in [0.1, 0.15) is 0 Å². The normalized spacial score (nSPS) is 16.6. The van der Waals surface area contributed by atoms with E-state index in [9.17, 15) is 9.59 Å². The Morgan fingerprint density at radius 3 is 2.16 bits per heavy atom. The minimum absolute atomic E-state index is 0.0104. The molecule has 0 radical (unpaired) electrons. The van der Waals surface area contributed by atoms with E-state index in [1.807, 2.05) is 37.5 Å². The Morgan fingerprint density at radius 1 is 1.21 bits per heavy atom. The van der Waals surface area contributed by atoms with Crippen LogP contribution in [-0.4, -0.2) is 54.0 Å². The maximum Gasteiger partial charge on any atom is 0.317 e. The average molecular weight is 269 g/mol. The molecule has 0 spiro atoms. The van der Waals surface area contributed by atoms with Crippen LogP contribution in [0.4, 0.5) is 4.79 Å². The maximum absolute atomic E-state index is 12.2.